The lowest BCUT2D eigenvalue weighted by atomic mass is 10.1. The molecule has 1 aromatic heterocycles. The second-order valence-corrected chi connectivity index (χ2v) is 6.64. The predicted octanol–water partition coefficient (Wildman–Crippen LogP) is 2.57. The Morgan fingerprint density at radius 3 is 2.92 bits per heavy atom. The smallest absolute Gasteiger partial charge is 0.242 e. The summed E-state index contributed by atoms with van der Waals surface area (Å²) in [6.07, 6.45) is 1.64. The van der Waals surface area contributed by atoms with Crippen molar-refractivity contribution in [1.29, 1.82) is 5.26 Å². The van der Waals surface area contributed by atoms with E-state index in [4.69, 9.17) is 4.74 Å². The molecule has 0 spiro atoms. The number of ether oxygens (including phenoxy) is 1. The minimum atomic E-state index is 0.0164. The van der Waals surface area contributed by atoms with Crippen molar-refractivity contribution in [3.63, 3.8) is 0 Å². The zero-order valence-corrected chi connectivity index (χ0v) is 15.4. The van der Waals surface area contributed by atoms with E-state index in [0.717, 1.165) is 15.8 Å². The second-order valence-electron chi connectivity index (χ2n) is 5.72. The third kappa shape index (κ3) is 3.91. The molecule has 1 aliphatic heterocycles. The quantitative estimate of drug-likeness (QED) is 0.788. The van der Waals surface area contributed by atoms with Crippen molar-refractivity contribution in [1.82, 2.24) is 9.88 Å². The van der Waals surface area contributed by atoms with Gasteiger partial charge in [0.25, 0.3) is 0 Å². The third-order valence-corrected chi connectivity index (χ3v) is 4.51. The van der Waals surface area contributed by atoms with Crippen LogP contribution in [-0.4, -0.2) is 42.5 Å². The number of amides is 1. The number of carbonyl (C=O) groups is 1. The molecule has 128 valence electrons. The number of piperazine rings is 1. The predicted molar refractivity (Wildman–Crippen MR) is 97.3 cm³/mol. The zero-order valence-electron chi connectivity index (χ0n) is 13.8. The van der Waals surface area contributed by atoms with Gasteiger partial charge in [0.15, 0.2) is 0 Å². The molecule has 0 unspecified atom stereocenters. The minimum absolute atomic E-state index is 0.0164. The van der Waals surface area contributed by atoms with Gasteiger partial charge in [-0.05, 0) is 39.7 Å². The summed E-state index contributed by atoms with van der Waals surface area (Å²) in [5, 5.41) is 9.29. The number of methoxy groups -OCH3 is 1. The van der Waals surface area contributed by atoms with Crippen LogP contribution in [0.3, 0.4) is 0 Å². The van der Waals surface area contributed by atoms with Crippen LogP contribution in [0.4, 0.5) is 5.82 Å². The summed E-state index contributed by atoms with van der Waals surface area (Å²) in [5.41, 5.74) is 1.49. The number of rotatable bonds is 4. The molecule has 1 aromatic carbocycles. The van der Waals surface area contributed by atoms with Crippen molar-refractivity contribution in [3.8, 4) is 11.8 Å². The lowest BCUT2D eigenvalue weighted by Crippen LogP contribution is -2.50. The number of hydrogen-bond donors (Lipinski definition) is 0. The molecule has 25 heavy (non-hydrogen) atoms. The maximum Gasteiger partial charge on any atom is 0.242 e. The molecule has 7 heteroatoms. The van der Waals surface area contributed by atoms with Crippen molar-refractivity contribution < 1.29 is 9.53 Å². The zero-order chi connectivity index (χ0) is 17.8. The van der Waals surface area contributed by atoms with Crippen LogP contribution in [0.5, 0.6) is 5.75 Å². The highest BCUT2D eigenvalue weighted by Crippen LogP contribution is 2.23. The first kappa shape index (κ1) is 17.2. The summed E-state index contributed by atoms with van der Waals surface area (Å²) in [5.74, 6) is 1.35. The van der Waals surface area contributed by atoms with Gasteiger partial charge in [-0.25, -0.2) is 4.98 Å². The van der Waals surface area contributed by atoms with Crippen molar-refractivity contribution in [3.05, 3.63) is 52.1 Å². The highest BCUT2D eigenvalue weighted by molar-refractivity contribution is 9.10. The van der Waals surface area contributed by atoms with E-state index < -0.39 is 0 Å². The Kier molecular flexibility index (Phi) is 5.19. The number of halogens is 1. The monoisotopic (exact) mass is 400 g/mol. The van der Waals surface area contributed by atoms with Crippen molar-refractivity contribution in [2.75, 3.05) is 31.6 Å². The Labute approximate surface area is 154 Å². The van der Waals surface area contributed by atoms with Crippen LogP contribution < -0.4 is 9.64 Å². The molecular formula is C18H17BrN4O2. The number of carbonyl (C=O) groups excluding carboxylic acids is 1. The van der Waals surface area contributed by atoms with Crippen LogP contribution in [0.1, 0.15) is 11.1 Å². The Hall–Kier alpha value is -2.59. The van der Waals surface area contributed by atoms with Gasteiger partial charge in [0.05, 0.1) is 19.2 Å². The van der Waals surface area contributed by atoms with E-state index in [2.05, 4.69) is 27.0 Å². The average Bonchev–Trinajstić information content (AvgIpc) is 2.63. The molecule has 1 amide bonds. The van der Waals surface area contributed by atoms with E-state index >= 15 is 0 Å². The first-order valence-electron chi connectivity index (χ1n) is 7.82. The van der Waals surface area contributed by atoms with Gasteiger partial charge in [-0.2, -0.15) is 5.26 Å². The maximum absolute atomic E-state index is 12.5. The Bertz CT molecular complexity index is 834. The molecule has 0 N–H and O–H groups in total. The largest absolute Gasteiger partial charge is 0.497 e. The lowest BCUT2D eigenvalue weighted by Gasteiger charge is -2.35. The van der Waals surface area contributed by atoms with Gasteiger partial charge in [-0.1, -0.05) is 12.1 Å². The molecule has 0 radical (unpaired) electrons. The molecule has 0 saturated carbocycles. The fourth-order valence-corrected chi connectivity index (χ4v) is 3.15. The van der Waals surface area contributed by atoms with E-state index in [1.807, 2.05) is 34.1 Å². The van der Waals surface area contributed by atoms with Crippen LogP contribution in [0.2, 0.25) is 0 Å². The summed E-state index contributed by atoms with van der Waals surface area (Å²) < 4.78 is 5.97. The van der Waals surface area contributed by atoms with E-state index in [9.17, 15) is 10.1 Å². The Morgan fingerprint density at radius 1 is 1.36 bits per heavy atom. The number of hydrogen-bond acceptors (Lipinski definition) is 5. The maximum atomic E-state index is 12.5. The van der Waals surface area contributed by atoms with E-state index in [0.29, 0.717) is 31.0 Å². The third-order valence-electron chi connectivity index (χ3n) is 4.08. The average molecular weight is 401 g/mol. The molecule has 1 fully saturated rings. The van der Waals surface area contributed by atoms with Gasteiger partial charge in [0.2, 0.25) is 5.91 Å². The molecule has 2 aromatic rings. The number of nitrogens with zero attached hydrogens (tertiary/aromatic N) is 4. The molecule has 0 bridgehead atoms. The van der Waals surface area contributed by atoms with E-state index in [1.54, 1.807) is 19.4 Å². The molecule has 1 aliphatic rings. The Morgan fingerprint density at radius 2 is 2.20 bits per heavy atom. The first-order valence-corrected chi connectivity index (χ1v) is 8.61. The van der Waals surface area contributed by atoms with Crippen LogP contribution in [-0.2, 0) is 11.3 Å². The molecular weight excluding hydrogens is 384 g/mol. The lowest BCUT2D eigenvalue weighted by molar-refractivity contribution is -0.131. The highest BCUT2D eigenvalue weighted by atomic mass is 79.9. The first-order chi connectivity index (χ1) is 12.1. The normalized spacial score (nSPS) is 14.4. The van der Waals surface area contributed by atoms with Gasteiger partial charge in [0.1, 0.15) is 17.6 Å². The van der Waals surface area contributed by atoms with Gasteiger partial charge in [0, 0.05) is 30.3 Å². The SMILES string of the molecule is COc1cccc(CN2CCN(c3ncc(Br)cc3C#N)CC2=O)c1. The van der Waals surface area contributed by atoms with E-state index in [1.165, 1.54) is 0 Å². The molecule has 0 aliphatic carbocycles. The molecule has 6 nitrogen and oxygen atoms in total. The summed E-state index contributed by atoms with van der Waals surface area (Å²) in [6, 6.07) is 11.6. The summed E-state index contributed by atoms with van der Waals surface area (Å²) in [7, 11) is 1.63. The topological polar surface area (TPSA) is 69.5 Å². The second kappa shape index (κ2) is 7.53. The molecule has 0 atom stereocenters. The van der Waals surface area contributed by atoms with Gasteiger partial charge >= 0.3 is 0 Å². The molecule has 3 rings (SSSR count). The van der Waals surface area contributed by atoms with Crippen LogP contribution >= 0.6 is 15.9 Å². The van der Waals surface area contributed by atoms with Crippen molar-refractivity contribution in [2.24, 2.45) is 0 Å². The summed E-state index contributed by atoms with van der Waals surface area (Å²) in [4.78, 5) is 20.5. The minimum Gasteiger partial charge on any atom is -0.497 e. The summed E-state index contributed by atoms with van der Waals surface area (Å²) in [6.45, 7) is 1.98. The fraction of sp³-hybridized carbons (Fsp3) is 0.278. The van der Waals surface area contributed by atoms with Gasteiger partial charge < -0.3 is 14.5 Å². The summed E-state index contributed by atoms with van der Waals surface area (Å²) >= 11 is 3.31. The van der Waals surface area contributed by atoms with Crippen molar-refractivity contribution >= 4 is 27.7 Å². The van der Waals surface area contributed by atoms with Gasteiger partial charge in [-0.3, -0.25) is 4.79 Å². The molecule has 2 heterocycles. The van der Waals surface area contributed by atoms with Gasteiger partial charge in [-0.15, -0.1) is 0 Å². The van der Waals surface area contributed by atoms with Crippen LogP contribution in [0.15, 0.2) is 41.0 Å². The van der Waals surface area contributed by atoms with Crippen LogP contribution in [0, 0.1) is 11.3 Å². The van der Waals surface area contributed by atoms with E-state index in [-0.39, 0.29) is 12.5 Å². The number of benzene rings is 1. The standard InChI is InChI=1S/C18H17BrN4O2/c1-25-16-4-2-3-13(7-16)11-22-5-6-23(12-17(22)24)18-14(9-20)8-15(19)10-21-18/h2-4,7-8,10H,5-6,11-12H2,1H3. The van der Waals surface area contributed by atoms with Crippen molar-refractivity contribution in [2.45, 2.75) is 6.54 Å². The Balaban J connectivity index is 1.71. The van der Waals surface area contributed by atoms with Crippen LogP contribution in [0.25, 0.3) is 0 Å². The number of nitriles is 1. The number of pyridine rings is 1. The highest BCUT2D eigenvalue weighted by Gasteiger charge is 2.26. The fourth-order valence-electron chi connectivity index (χ4n) is 2.81. The number of anilines is 1. The number of aromatic nitrogens is 1. The molecule has 1 saturated heterocycles.